The molecule has 2 aliphatic heterocycles. The van der Waals surface area contributed by atoms with Crippen LogP contribution in [0.25, 0.3) is 11.0 Å². The molecular weight excluding hydrogens is 330 g/mol. The molecule has 0 bridgehead atoms. The first-order chi connectivity index (χ1) is 12.0. The van der Waals surface area contributed by atoms with Crippen LogP contribution in [-0.4, -0.2) is 74.1 Å². The molecule has 0 radical (unpaired) electrons. The molecule has 1 saturated heterocycles. The van der Waals surface area contributed by atoms with Crippen molar-refractivity contribution in [3.63, 3.8) is 0 Å². The van der Waals surface area contributed by atoms with Crippen LogP contribution in [0.4, 0.5) is 11.5 Å². The lowest BCUT2D eigenvalue weighted by Crippen LogP contribution is -2.44. The molecule has 0 spiro atoms. The molecule has 4 atom stereocenters. The van der Waals surface area contributed by atoms with E-state index in [-0.39, 0.29) is 6.01 Å². The van der Waals surface area contributed by atoms with Crippen molar-refractivity contribution < 1.29 is 24.8 Å². The van der Waals surface area contributed by atoms with Crippen LogP contribution >= 0.6 is 0 Å². The highest BCUT2D eigenvalue weighted by Gasteiger charge is 2.53. The summed E-state index contributed by atoms with van der Waals surface area (Å²) in [5.41, 5.74) is -0.575. The van der Waals surface area contributed by atoms with Crippen molar-refractivity contribution in [2.75, 3.05) is 25.6 Å². The fraction of sp³-hybridized carbons (Fsp3) is 0.533. The number of aliphatic hydroxyl groups is 3. The van der Waals surface area contributed by atoms with E-state index in [2.05, 4.69) is 20.3 Å². The van der Waals surface area contributed by atoms with Crippen LogP contribution in [0.15, 0.2) is 11.2 Å². The second-order valence-electron chi connectivity index (χ2n) is 6.25. The Balaban J connectivity index is 1.93. The van der Waals surface area contributed by atoms with Crippen LogP contribution in [0.1, 0.15) is 13.2 Å². The van der Waals surface area contributed by atoms with E-state index in [1.165, 1.54) is 14.0 Å². The number of nitrogens with one attached hydrogen (secondary N) is 1. The average Bonchev–Trinajstić information content (AvgIpc) is 2.96. The highest BCUT2D eigenvalue weighted by Crippen LogP contribution is 2.43. The minimum absolute atomic E-state index is 0.152. The molecule has 0 saturated carbocycles. The minimum Gasteiger partial charge on any atom is -0.467 e. The minimum atomic E-state index is -1.63. The highest BCUT2D eigenvalue weighted by molar-refractivity contribution is 6.01. The first-order valence-electron chi connectivity index (χ1n) is 7.87. The maximum atomic E-state index is 10.8. The van der Waals surface area contributed by atoms with Crippen LogP contribution in [0, 0.1) is 0 Å². The number of aliphatic imine (C=N–C) groups is 1. The van der Waals surface area contributed by atoms with Crippen molar-refractivity contribution in [2.45, 2.75) is 31.0 Å². The van der Waals surface area contributed by atoms with Gasteiger partial charge in [0, 0.05) is 12.4 Å². The van der Waals surface area contributed by atoms with Crippen LogP contribution in [0.3, 0.4) is 0 Å². The molecule has 25 heavy (non-hydrogen) atoms. The van der Waals surface area contributed by atoms with Gasteiger partial charge in [0.25, 0.3) is 0 Å². The van der Waals surface area contributed by atoms with Crippen molar-refractivity contribution >= 4 is 28.8 Å². The molecule has 1 fully saturated rings. The van der Waals surface area contributed by atoms with Crippen molar-refractivity contribution in [1.82, 2.24) is 14.5 Å². The first-order valence-corrected chi connectivity index (χ1v) is 7.87. The number of hydrogen-bond donors (Lipinski definition) is 4. The van der Waals surface area contributed by atoms with E-state index < -0.39 is 30.6 Å². The smallest absolute Gasteiger partial charge is 0.320 e. The predicted molar refractivity (Wildman–Crippen MR) is 88.3 cm³/mol. The summed E-state index contributed by atoms with van der Waals surface area (Å²) in [6.07, 6.45) is 0.265. The molecule has 2 aromatic heterocycles. The number of rotatable bonds is 3. The molecular formula is C15H19N5O5. The Bertz CT molecular complexity index is 848. The van der Waals surface area contributed by atoms with Crippen LogP contribution in [0.2, 0.25) is 0 Å². The van der Waals surface area contributed by atoms with Gasteiger partial charge in [0.05, 0.1) is 31.3 Å². The Morgan fingerprint density at radius 2 is 2.28 bits per heavy atom. The zero-order chi connectivity index (χ0) is 17.8. The standard InChI is InChI=1S/C15H19N5O5/c1-15(23)10(22)8(6-21)25-13(15)20-5-7-9-11(17-4-3-16-7)18-14(24-2)19-12(9)20/h3,5,8,10,13,21-23H,4,6H2,1-2H3,(H,17,18,19)/t8-,10-,13?,15+/m1/s1. The van der Waals surface area contributed by atoms with Crippen molar-refractivity contribution in [2.24, 2.45) is 4.99 Å². The number of nitrogens with zero attached hydrogens (tertiary/aromatic N) is 4. The van der Waals surface area contributed by atoms with Gasteiger partial charge in [-0.15, -0.1) is 0 Å². The number of hydrogen-bond acceptors (Lipinski definition) is 9. The Morgan fingerprint density at radius 1 is 1.48 bits per heavy atom. The van der Waals surface area contributed by atoms with Gasteiger partial charge in [-0.05, 0) is 6.92 Å². The summed E-state index contributed by atoms with van der Waals surface area (Å²) >= 11 is 0. The third-order valence-corrected chi connectivity index (χ3v) is 4.59. The molecule has 10 heteroatoms. The van der Waals surface area contributed by atoms with Crippen LogP contribution in [0.5, 0.6) is 6.01 Å². The van der Waals surface area contributed by atoms with Crippen molar-refractivity contribution in [1.29, 1.82) is 0 Å². The zero-order valence-corrected chi connectivity index (χ0v) is 13.7. The number of anilines is 1. The first kappa shape index (κ1) is 16.2. The number of methoxy groups -OCH3 is 1. The summed E-state index contributed by atoms with van der Waals surface area (Å²) in [7, 11) is 1.46. The van der Waals surface area contributed by atoms with Crippen molar-refractivity contribution in [3.05, 3.63) is 6.20 Å². The molecule has 4 rings (SSSR count). The fourth-order valence-corrected chi connectivity index (χ4v) is 3.28. The summed E-state index contributed by atoms with van der Waals surface area (Å²) in [6, 6.07) is 0.152. The summed E-state index contributed by atoms with van der Waals surface area (Å²) in [4.78, 5) is 13.0. The van der Waals surface area contributed by atoms with E-state index in [4.69, 9.17) is 9.47 Å². The van der Waals surface area contributed by atoms with E-state index in [0.717, 1.165) is 0 Å². The van der Waals surface area contributed by atoms with Gasteiger partial charge in [-0.25, -0.2) is 0 Å². The van der Waals surface area contributed by atoms with Gasteiger partial charge in [0.2, 0.25) is 0 Å². The zero-order valence-electron chi connectivity index (χ0n) is 13.7. The Kier molecular flexibility index (Phi) is 3.65. The van der Waals surface area contributed by atoms with Crippen LogP contribution in [-0.2, 0) is 4.74 Å². The second-order valence-corrected chi connectivity index (χ2v) is 6.25. The Labute approximate surface area is 142 Å². The van der Waals surface area contributed by atoms with E-state index >= 15 is 0 Å². The fourth-order valence-electron chi connectivity index (χ4n) is 3.28. The lowest BCUT2D eigenvalue weighted by Gasteiger charge is -2.27. The van der Waals surface area contributed by atoms with E-state index in [0.29, 0.717) is 29.1 Å². The Morgan fingerprint density at radius 3 is 2.96 bits per heavy atom. The SMILES string of the molecule is COc1nc2c3c(cn(C4O[C@H](CO)[C@@H](O)[C@]4(C)O)c3n1)N=CCN2. The quantitative estimate of drug-likeness (QED) is 0.586. The topological polar surface area (TPSA) is 134 Å². The largest absolute Gasteiger partial charge is 0.467 e. The van der Waals surface area contributed by atoms with E-state index in [1.54, 1.807) is 17.0 Å². The van der Waals surface area contributed by atoms with E-state index in [1.807, 2.05) is 0 Å². The third-order valence-electron chi connectivity index (χ3n) is 4.59. The van der Waals surface area contributed by atoms with Gasteiger partial charge < -0.3 is 34.7 Å². The number of ether oxygens (including phenoxy) is 2. The second kappa shape index (κ2) is 5.63. The van der Waals surface area contributed by atoms with Crippen molar-refractivity contribution in [3.8, 4) is 6.01 Å². The highest BCUT2D eigenvalue weighted by atomic mass is 16.6. The third kappa shape index (κ3) is 2.29. The van der Waals surface area contributed by atoms with Gasteiger partial charge in [0.1, 0.15) is 23.6 Å². The monoisotopic (exact) mass is 349 g/mol. The Hall–Kier alpha value is -2.27. The lowest BCUT2D eigenvalue weighted by atomic mass is 9.96. The molecule has 2 aromatic rings. The summed E-state index contributed by atoms with van der Waals surface area (Å²) in [6.45, 7) is 1.55. The maximum Gasteiger partial charge on any atom is 0.320 e. The molecule has 134 valence electrons. The molecule has 10 nitrogen and oxygen atoms in total. The van der Waals surface area contributed by atoms with Gasteiger partial charge in [-0.2, -0.15) is 9.97 Å². The summed E-state index contributed by atoms with van der Waals surface area (Å²) in [5, 5.41) is 34.2. The van der Waals surface area contributed by atoms with Gasteiger partial charge in [-0.3, -0.25) is 4.99 Å². The molecule has 0 aromatic carbocycles. The van der Waals surface area contributed by atoms with Crippen LogP contribution < -0.4 is 10.1 Å². The summed E-state index contributed by atoms with van der Waals surface area (Å²) in [5.74, 6) is 0.560. The number of aromatic nitrogens is 3. The molecule has 4 N–H and O–H groups in total. The van der Waals surface area contributed by atoms with Gasteiger partial charge in [0.15, 0.2) is 11.9 Å². The lowest BCUT2D eigenvalue weighted by molar-refractivity contribution is -0.0948. The molecule has 1 unspecified atom stereocenters. The summed E-state index contributed by atoms with van der Waals surface area (Å²) < 4.78 is 12.4. The molecule has 0 amide bonds. The van der Waals surface area contributed by atoms with Gasteiger partial charge >= 0.3 is 6.01 Å². The molecule has 0 aliphatic carbocycles. The maximum absolute atomic E-state index is 10.8. The van der Waals surface area contributed by atoms with Gasteiger partial charge in [-0.1, -0.05) is 0 Å². The number of aliphatic hydroxyl groups excluding tert-OH is 2. The van der Waals surface area contributed by atoms with E-state index in [9.17, 15) is 15.3 Å². The predicted octanol–water partition coefficient (Wildman–Crippen LogP) is -0.431. The molecule has 4 heterocycles. The average molecular weight is 349 g/mol. The normalized spacial score (nSPS) is 31.2. The molecule has 2 aliphatic rings.